The number of hydrogen-bond donors (Lipinski definition) is 0. The van der Waals surface area contributed by atoms with Crippen LogP contribution < -0.4 is 0 Å². The lowest BCUT2D eigenvalue weighted by Crippen LogP contribution is -1.98. The molecule has 0 atom stereocenters. The predicted molar refractivity (Wildman–Crippen MR) is 90.9 cm³/mol. The van der Waals surface area contributed by atoms with Crippen molar-refractivity contribution in [2.75, 3.05) is 0 Å². The molecule has 4 rings (SSSR count). The summed E-state index contributed by atoms with van der Waals surface area (Å²) < 4.78 is 3.01. The molecule has 0 unspecified atom stereocenters. The summed E-state index contributed by atoms with van der Waals surface area (Å²) in [7, 11) is 0. The highest BCUT2D eigenvalue weighted by atomic mass is 79.9. The molecule has 0 saturated heterocycles. The van der Waals surface area contributed by atoms with E-state index in [0.29, 0.717) is 6.04 Å². The molecule has 1 saturated carbocycles. The Kier molecular flexibility index (Phi) is 3.98. The molecule has 0 aliphatic heterocycles. The van der Waals surface area contributed by atoms with Crippen LogP contribution in [-0.4, -0.2) is 25.2 Å². The van der Waals surface area contributed by atoms with Crippen molar-refractivity contribution in [2.24, 2.45) is 0 Å². The van der Waals surface area contributed by atoms with Gasteiger partial charge in [-0.05, 0) is 35.4 Å². The highest BCUT2D eigenvalue weighted by molar-refractivity contribution is 9.10. The van der Waals surface area contributed by atoms with E-state index in [1.165, 1.54) is 12.8 Å². The minimum absolute atomic E-state index is 0.505. The fourth-order valence-electron chi connectivity index (χ4n) is 2.09. The van der Waals surface area contributed by atoms with E-state index in [2.05, 4.69) is 49.0 Å². The zero-order chi connectivity index (χ0) is 14.9. The average Bonchev–Trinajstić information content (AvgIpc) is 3.08. The van der Waals surface area contributed by atoms with Crippen LogP contribution in [0.15, 0.2) is 39.3 Å². The van der Waals surface area contributed by atoms with Gasteiger partial charge in [-0.3, -0.25) is 0 Å². The molecule has 5 nitrogen and oxygen atoms in total. The molecule has 2 aromatic heterocycles. The molecular formula is C14H12BrN5S2. The Morgan fingerprint density at radius 1 is 1.36 bits per heavy atom. The Hall–Kier alpha value is -1.25. The standard InChI is InChI=1S/C14H12BrN5S2/c15-10-3-1-2-9(6-10)13-16-11(7-21-13)8-22-14-17-18-19-20(14)12-4-5-12/h1-3,6-7,12H,4-5,8H2. The summed E-state index contributed by atoms with van der Waals surface area (Å²) >= 11 is 6.81. The van der Waals surface area contributed by atoms with Crippen LogP contribution in [0.2, 0.25) is 0 Å². The molecule has 0 bridgehead atoms. The number of hydrogen-bond acceptors (Lipinski definition) is 6. The van der Waals surface area contributed by atoms with Crippen LogP contribution in [0, 0.1) is 0 Å². The minimum atomic E-state index is 0.505. The number of thiazole rings is 1. The summed E-state index contributed by atoms with van der Waals surface area (Å²) in [6.07, 6.45) is 2.37. The quantitative estimate of drug-likeness (QED) is 0.608. The molecule has 0 radical (unpaired) electrons. The van der Waals surface area contributed by atoms with Gasteiger partial charge in [0, 0.05) is 21.2 Å². The molecule has 0 amide bonds. The van der Waals surface area contributed by atoms with Crippen LogP contribution in [0.3, 0.4) is 0 Å². The molecule has 8 heteroatoms. The zero-order valence-corrected chi connectivity index (χ0v) is 14.7. The molecule has 112 valence electrons. The Labute approximate surface area is 144 Å². The van der Waals surface area contributed by atoms with E-state index < -0.39 is 0 Å². The third-order valence-corrected chi connectivity index (χ3v) is 5.73. The van der Waals surface area contributed by atoms with Gasteiger partial charge in [-0.2, -0.15) is 0 Å². The van der Waals surface area contributed by atoms with E-state index in [9.17, 15) is 0 Å². The number of thioether (sulfide) groups is 1. The maximum absolute atomic E-state index is 4.71. The summed E-state index contributed by atoms with van der Waals surface area (Å²) in [5.41, 5.74) is 2.20. The SMILES string of the molecule is Brc1cccc(-c2nc(CSc3nnnn3C3CC3)cs2)c1. The average molecular weight is 394 g/mol. The minimum Gasteiger partial charge on any atom is -0.240 e. The van der Waals surface area contributed by atoms with Gasteiger partial charge in [0.15, 0.2) is 0 Å². The molecule has 22 heavy (non-hydrogen) atoms. The van der Waals surface area contributed by atoms with Crippen molar-refractivity contribution in [3.05, 3.63) is 39.8 Å². The molecule has 1 fully saturated rings. The predicted octanol–water partition coefficient (Wildman–Crippen LogP) is 4.19. The van der Waals surface area contributed by atoms with E-state index in [1.807, 2.05) is 16.8 Å². The van der Waals surface area contributed by atoms with Crippen LogP contribution >= 0.6 is 39.0 Å². The van der Waals surface area contributed by atoms with Crippen molar-refractivity contribution >= 4 is 39.0 Å². The van der Waals surface area contributed by atoms with E-state index in [4.69, 9.17) is 4.98 Å². The first-order valence-electron chi connectivity index (χ1n) is 6.90. The summed E-state index contributed by atoms with van der Waals surface area (Å²) in [6, 6.07) is 8.72. The van der Waals surface area contributed by atoms with Crippen LogP contribution in [-0.2, 0) is 5.75 Å². The van der Waals surface area contributed by atoms with Crippen molar-refractivity contribution < 1.29 is 0 Å². The first kappa shape index (κ1) is 14.3. The normalized spacial score (nSPS) is 14.4. The van der Waals surface area contributed by atoms with E-state index >= 15 is 0 Å². The first-order valence-corrected chi connectivity index (χ1v) is 9.56. The van der Waals surface area contributed by atoms with Gasteiger partial charge in [-0.1, -0.05) is 39.8 Å². The summed E-state index contributed by atoms with van der Waals surface area (Å²) in [5.74, 6) is 0.789. The molecule has 2 heterocycles. The smallest absolute Gasteiger partial charge is 0.209 e. The third kappa shape index (κ3) is 3.09. The zero-order valence-electron chi connectivity index (χ0n) is 11.5. The van der Waals surface area contributed by atoms with Crippen LogP contribution in [0.25, 0.3) is 10.6 Å². The van der Waals surface area contributed by atoms with E-state index in [1.54, 1.807) is 23.1 Å². The lowest BCUT2D eigenvalue weighted by atomic mass is 10.2. The summed E-state index contributed by atoms with van der Waals surface area (Å²) in [5, 5.41) is 16.0. The highest BCUT2D eigenvalue weighted by Gasteiger charge is 2.27. The second-order valence-electron chi connectivity index (χ2n) is 5.08. The van der Waals surface area contributed by atoms with Crippen LogP contribution in [0.5, 0.6) is 0 Å². The highest BCUT2D eigenvalue weighted by Crippen LogP contribution is 2.37. The first-order chi connectivity index (χ1) is 10.8. The maximum Gasteiger partial charge on any atom is 0.209 e. The summed E-state index contributed by atoms with van der Waals surface area (Å²) in [4.78, 5) is 4.71. The largest absolute Gasteiger partial charge is 0.240 e. The molecule has 1 aliphatic rings. The van der Waals surface area contributed by atoms with E-state index in [0.717, 1.165) is 31.6 Å². The number of aromatic nitrogens is 5. The monoisotopic (exact) mass is 393 g/mol. The van der Waals surface area contributed by atoms with Gasteiger partial charge < -0.3 is 0 Å². The van der Waals surface area contributed by atoms with Gasteiger partial charge in [0.1, 0.15) is 5.01 Å². The molecule has 3 aromatic rings. The lowest BCUT2D eigenvalue weighted by molar-refractivity contribution is 0.565. The van der Waals surface area contributed by atoms with Gasteiger partial charge in [-0.25, -0.2) is 9.67 Å². The number of nitrogens with zero attached hydrogens (tertiary/aromatic N) is 5. The van der Waals surface area contributed by atoms with Crippen molar-refractivity contribution in [1.82, 2.24) is 25.2 Å². The molecular weight excluding hydrogens is 382 g/mol. The fourth-order valence-corrected chi connectivity index (χ4v) is 4.25. The number of benzene rings is 1. The Bertz CT molecular complexity index is 796. The Morgan fingerprint density at radius 3 is 3.09 bits per heavy atom. The van der Waals surface area contributed by atoms with Crippen molar-refractivity contribution in [3.63, 3.8) is 0 Å². The summed E-state index contributed by atoms with van der Waals surface area (Å²) in [6.45, 7) is 0. The second kappa shape index (κ2) is 6.10. The van der Waals surface area contributed by atoms with Gasteiger partial charge in [-0.15, -0.1) is 16.4 Å². The number of tetrazole rings is 1. The topological polar surface area (TPSA) is 56.5 Å². The Balaban J connectivity index is 1.47. The van der Waals surface area contributed by atoms with E-state index in [-0.39, 0.29) is 0 Å². The van der Waals surface area contributed by atoms with Crippen molar-refractivity contribution in [1.29, 1.82) is 0 Å². The number of rotatable bonds is 5. The van der Waals surface area contributed by atoms with Gasteiger partial charge in [0.05, 0.1) is 11.7 Å². The molecule has 1 aliphatic carbocycles. The van der Waals surface area contributed by atoms with Gasteiger partial charge in [0.25, 0.3) is 0 Å². The fraction of sp³-hybridized carbons (Fsp3) is 0.286. The second-order valence-corrected chi connectivity index (χ2v) is 7.80. The van der Waals surface area contributed by atoms with Crippen molar-refractivity contribution in [3.8, 4) is 10.6 Å². The van der Waals surface area contributed by atoms with Crippen molar-refractivity contribution in [2.45, 2.75) is 29.8 Å². The molecule has 0 spiro atoms. The lowest BCUT2D eigenvalue weighted by Gasteiger charge is -2.00. The molecule has 0 N–H and O–H groups in total. The third-order valence-electron chi connectivity index (χ3n) is 3.33. The van der Waals surface area contributed by atoms with Crippen LogP contribution in [0.1, 0.15) is 24.6 Å². The van der Waals surface area contributed by atoms with Crippen LogP contribution in [0.4, 0.5) is 0 Å². The Morgan fingerprint density at radius 2 is 2.27 bits per heavy atom. The van der Waals surface area contributed by atoms with Gasteiger partial charge >= 0.3 is 0 Å². The van der Waals surface area contributed by atoms with Gasteiger partial charge in [0.2, 0.25) is 5.16 Å². The molecule has 1 aromatic carbocycles. The maximum atomic E-state index is 4.71. The number of halogens is 1.